The Labute approximate surface area is 189 Å². The van der Waals surface area contributed by atoms with Crippen molar-refractivity contribution in [3.05, 3.63) is 53.6 Å². The van der Waals surface area contributed by atoms with Crippen LogP contribution in [0.2, 0.25) is 0 Å². The minimum atomic E-state index is -3.62. The molecule has 174 valence electrons. The zero-order valence-electron chi connectivity index (χ0n) is 18.7. The number of carbonyl (C=O) groups is 1. The molecule has 0 spiro atoms. The van der Waals surface area contributed by atoms with Crippen molar-refractivity contribution in [3.8, 4) is 11.5 Å². The fourth-order valence-electron chi connectivity index (χ4n) is 3.58. The Balaban J connectivity index is 1.66. The van der Waals surface area contributed by atoms with Crippen LogP contribution in [0.5, 0.6) is 11.5 Å². The van der Waals surface area contributed by atoms with E-state index < -0.39 is 10.0 Å². The van der Waals surface area contributed by atoms with E-state index in [1.807, 2.05) is 31.2 Å². The first-order valence-electron chi connectivity index (χ1n) is 10.5. The van der Waals surface area contributed by atoms with Crippen molar-refractivity contribution in [3.63, 3.8) is 0 Å². The highest BCUT2D eigenvalue weighted by Crippen LogP contribution is 2.26. The highest BCUT2D eigenvalue weighted by atomic mass is 32.2. The molecule has 0 aliphatic carbocycles. The summed E-state index contributed by atoms with van der Waals surface area (Å²) in [6.45, 7) is 3.34. The number of hydrogen-bond acceptors (Lipinski definition) is 6. The topological polar surface area (TPSA) is 94.2 Å². The van der Waals surface area contributed by atoms with Gasteiger partial charge in [0.1, 0.15) is 11.5 Å². The number of amides is 1. The lowest BCUT2D eigenvalue weighted by atomic mass is 10.1. The van der Waals surface area contributed by atoms with Crippen LogP contribution >= 0.6 is 0 Å². The number of aryl methyl sites for hydroxylation is 1. The highest BCUT2D eigenvalue weighted by Gasteiger charge is 2.27. The number of hydrogen-bond donors (Lipinski definition) is 1. The Kier molecular flexibility index (Phi) is 8.11. The molecule has 0 unspecified atom stereocenters. The van der Waals surface area contributed by atoms with Crippen LogP contribution in [-0.4, -0.2) is 59.2 Å². The van der Waals surface area contributed by atoms with Gasteiger partial charge in [0.2, 0.25) is 15.9 Å². The molecule has 1 N–H and O–H groups in total. The molecule has 2 aromatic carbocycles. The van der Waals surface area contributed by atoms with E-state index in [2.05, 4.69) is 5.32 Å². The second kappa shape index (κ2) is 10.8. The number of nitrogens with zero attached hydrogens (tertiary/aromatic N) is 1. The molecule has 1 heterocycles. The van der Waals surface area contributed by atoms with Gasteiger partial charge in [-0.15, -0.1) is 0 Å². The summed E-state index contributed by atoms with van der Waals surface area (Å²) in [4.78, 5) is 12.7. The molecular formula is C23H30N2O6S. The number of carbonyl (C=O) groups excluding carboxylic acids is 1. The first-order chi connectivity index (χ1) is 15.3. The smallest absolute Gasteiger partial charge is 0.243 e. The second-order valence-corrected chi connectivity index (χ2v) is 9.49. The maximum Gasteiger partial charge on any atom is 0.243 e. The summed E-state index contributed by atoms with van der Waals surface area (Å²) in [6, 6.07) is 12.1. The summed E-state index contributed by atoms with van der Waals surface area (Å²) in [5.41, 5.74) is 1.64. The summed E-state index contributed by atoms with van der Waals surface area (Å²) in [7, 11) is -0.487. The van der Waals surface area contributed by atoms with Gasteiger partial charge < -0.3 is 19.5 Å². The van der Waals surface area contributed by atoms with Crippen molar-refractivity contribution in [2.24, 2.45) is 0 Å². The van der Waals surface area contributed by atoms with E-state index in [1.54, 1.807) is 25.3 Å². The van der Waals surface area contributed by atoms with Crippen LogP contribution in [0.25, 0.3) is 0 Å². The number of nitrogens with one attached hydrogen (secondary N) is 1. The fourth-order valence-corrected chi connectivity index (χ4v) is 5.04. The van der Waals surface area contributed by atoms with E-state index in [0.29, 0.717) is 44.0 Å². The van der Waals surface area contributed by atoms with Crippen LogP contribution in [-0.2, 0) is 26.0 Å². The summed E-state index contributed by atoms with van der Waals surface area (Å²) in [5.74, 6) is 1.19. The van der Waals surface area contributed by atoms with Gasteiger partial charge in [-0.1, -0.05) is 12.1 Å². The van der Waals surface area contributed by atoms with Gasteiger partial charge in [-0.05, 0) is 54.8 Å². The van der Waals surface area contributed by atoms with E-state index >= 15 is 0 Å². The summed E-state index contributed by atoms with van der Waals surface area (Å²) in [6.07, 6.45) is 0.564. The fraction of sp³-hybridized carbons (Fsp3) is 0.435. The van der Waals surface area contributed by atoms with Gasteiger partial charge in [0.15, 0.2) is 0 Å². The number of benzene rings is 2. The van der Waals surface area contributed by atoms with Crippen LogP contribution in [0.3, 0.4) is 0 Å². The standard InChI is InChI=1S/C23H30N2O6S/c1-17(18-4-7-20(29-2)8-5-18)24-23(26)11-6-19-16-21(9-10-22(19)30-3)32(27,28)25-12-14-31-15-13-25/h4-5,7-10,16-17H,6,11-15H2,1-3H3,(H,24,26)/t17-/m0/s1. The maximum absolute atomic E-state index is 13.0. The molecule has 1 aliphatic heterocycles. The van der Waals surface area contributed by atoms with E-state index in [9.17, 15) is 13.2 Å². The van der Waals surface area contributed by atoms with Crippen molar-refractivity contribution in [1.82, 2.24) is 9.62 Å². The number of ether oxygens (including phenoxy) is 3. The van der Waals surface area contributed by atoms with Gasteiger partial charge in [-0.2, -0.15) is 4.31 Å². The van der Waals surface area contributed by atoms with Crippen molar-refractivity contribution in [2.75, 3.05) is 40.5 Å². The van der Waals surface area contributed by atoms with Crippen molar-refractivity contribution in [1.29, 1.82) is 0 Å². The van der Waals surface area contributed by atoms with Crippen LogP contribution < -0.4 is 14.8 Å². The van der Waals surface area contributed by atoms with Crippen molar-refractivity contribution >= 4 is 15.9 Å². The number of methoxy groups -OCH3 is 2. The predicted molar refractivity (Wildman–Crippen MR) is 120 cm³/mol. The first-order valence-corrected chi connectivity index (χ1v) is 12.0. The third kappa shape index (κ3) is 5.79. The molecule has 8 nitrogen and oxygen atoms in total. The Morgan fingerprint density at radius 3 is 2.41 bits per heavy atom. The molecule has 3 rings (SSSR count). The van der Waals surface area contributed by atoms with E-state index in [4.69, 9.17) is 14.2 Å². The molecule has 0 bridgehead atoms. The molecule has 0 radical (unpaired) electrons. The Bertz CT molecular complexity index is 1020. The molecule has 9 heteroatoms. The average molecular weight is 463 g/mol. The lowest BCUT2D eigenvalue weighted by Crippen LogP contribution is -2.40. The van der Waals surface area contributed by atoms with Crippen molar-refractivity contribution in [2.45, 2.75) is 30.7 Å². The second-order valence-electron chi connectivity index (χ2n) is 7.55. The molecule has 1 fully saturated rings. The van der Waals surface area contributed by atoms with Gasteiger partial charge in [0.05, 0.1) is 38.4 Å². The van der Waals surface area contributed by atoms with Crippen LogP contribution in [0.4, 0.5) is 0 Å². The monoisotopic (exact) mass is 462 g/mol. The lowest BCUT2D eigenvalue weighted by Gasteiger charge is -2.26. The van der Waals surface area contributed by atoms with Crippen LogP contribution in [0.15, 0.2) is 47.4 Å². The normalized spacial score (nSPS) is 15.7. The molecule has 1 atom stereocenters. The van der Waals surface area contributed by atoms with Crippen LogP contribution in [0, 0.1) is 0 Å². The number of sulfonamides is 1. The predicted octanol–water partition coefficient (Wildman–Crippen LogP) is 2.53. The molecule has 0 saturated carbocycles. The molecule has 1 saturated heterocycles. The molecule has 32 heavy (non-hydrogen) atoms. The van der Waals surface area contributed by atoms with Crippen molar-refractivity contribution < 1.29 is 27.4 Å². The Morgan fingerprint density at radius 1 is 1.09 bits per heavy atom. The van der Waals surface area contributed by atoms with E-state index in [1.165, 1.54) is 11.4 Å². The number of morpholine rings is 1. The third-order valence-electron chi connectivity index (χ3n) is 5.47. The average Bonchev–Trinajstić information content (AvgIpc) is 2.83. The van der Waals surface area contributed by atoms with Gasteiger partial charge in [-0.3, -0.25) is 4.79 Å². The zero-order chi connectivity index (χ0) is 23.1. The Morgan fingerprint density at radius 2 is 1.78 bits per heavy atom. The van der Waals surface area contributed by atoms with Gasteiger partial charge >= 0.3 is 0 Å². The quantitative estimate of drug-likeness (QED) is 0.616. The molecular weight excluding hydrogens is 432 g/mol. The summed E-state index contributed by atoms with van der Waals surface area (Å²) in [5, 5.41) is 2.98. The van der Waals surface area contributed by atoms with E-state index in [-0.39, 0.29) is 23.3 Å². The van der Waals surface area contributed by atoms with Gasteiger partial charge in [0.25, 0.3) is 0 Å². The minimum absolute atomic E-state index is 0.128. The SMILES string of the molecule is COc1ccc([C@H](C)NC(=O)CCc2cc(S(=O)(=O)N3CCOCC3)ccc2OC)cc1. The summed E-state index contributed by atoms with van der Waals surface area (Å²) >= 11 is 0. The lowest BCUT2D eigenvalue weighted by molar-refractivity contribution is -0.121. The highest BCUT2D eigenvalue weighted by molar-refractivity contribution is 7.89. The van der Waals surface area contributed by atoms with Crippen LogP contribution in [0.1, 0.15) is 30.5 Å². The zero-order valence-corrected chi connectivity index (χ0v) is 19.5. The largest absolute Gasteiger partial charge is 0.497 e. The first kappa shape index (κ1) is 24.0. The molecule has 0 aromatic heterocycles. The Hall–Kier alpha value is -2.62. The maximum atomic E-state index is 13.0. The minimum Gasteiger partial charge on any atom is -0.497 e. The third-order valence-corrected chi connectivity index (χ3v) is 7.37. The van der Waals surface area contributed by atoms with E-state index in [0.717, 1.165) is 11.3 Å². The van der Waals surface area contributed by atoms with Gasteiger partial charge in [-0.25, -0.2) is 8.42 Å². The molecule has 2 aromatic rings. The molecule has 1 amide bonds. The number of rotatable bonds is 9. The summed E-state index contributed by atoms with van der Waals surface area (Å²) < 4.78 is 43.2. The van der Waals surface area contributed by atoms with Gasteiger partial charge in [0, 0.05) is 19.5 Å². The molecule has 1 aliphatic rings.